The zero-order valence-corrected chi connectivity index (χ0v) is 6.52. The van der Waals surface area contributed by atoms with E-state index in [1.807, 2.05) is 18.6 Å². The van der Waals surface area contributed by atoms with Gasteiger partial charge in [-0.1, -0.05) is 0 Å². The molecule has 1 saturated heterocycles. The molecule has 1 rings (SSSR count). The number of nitrogens with zero attached hydrogens (tertiary/aromatic N) is 1. The number of hydrogen-bond donors (Lipinski definition) is 1. The summed E-state index contributed by atoms with van der Waals surface area (Å²) in [7, 11) is -0.245. The minimum Gasteiger partial charge on any atom is -0.437 e. The van der Waals surface area contributed by atoms with Crippen molar-refractivity contribution in [3.05, 3.63) is 0 Å². The molecule has 1 aliphatic rings. The van der Waals surface area contributed by atoms with Crippen LogP contribution < -0.4 is 0 Å². The second-order valence-electron chi connectivity index (χ2n) is 2.28. The fraction of sp³-hybridized carbons (Fsp3) is 1.00. The van der Waals surface area contributed by atoms with Gasteiger partial charge in [0.1, 0.15) is 0 Å². The van der Waals surface area contributed by atoms with E-state index in [-0.39, 0.29) is 7.05 Å². The molecule has 0 amide bonds. The maximum absolute atomic E-state index is 9.09. The molecule has 0 aromatic rings. The van der Waals surface area contributed by atoms with Crippen molar-refractivity contribution in [2.45, 2.75) is 6.82 Å². The van der Waals surface area contributed by atoms with Crippen LogP contribution in [0.2, 0.25) is 6.82 Å². The van der Waals surface area contributed by atoms with Gasteiger partial charge >= 0.3 is 7.05 Å². The molecule has 52 valence electrons. The predicted octanol–water partition coefficient (Wildman–Crippen LogP) is 0.145. The van der Waals surface area contributed by atoms with Crippen molar-refractivity contribution in [3.8, 4) is 0 Å². The van der Waals surface area contributed by atoms with Gasteiger partial charge in [-0.05, 0) is 19.9 Å². The van der Waals surface area contributed by atoms with Gasteiger partial charge in [0.15, 0.2) is 0 Å². The molecule has 0 radical (unpaired) electrons. The Bertz CT molecular complexity index is 85.0. The van der Waals surface area contributed by atoms with Crippen LogP contribution in [0.3, 0.4) is 0 Å². The summed E-state index contributed by atoms with van der Waals surface area (Å²) in [5.41, 5.74) is 0. The Morgan fingerprint density at radius 1 is 1.44 bits per heavy atom. The van der Waals surface area contributed by atoms with Crippen molar-refractivity contribution in [1.29, 1.82) is 0 Å². The van der Waals surface area contributed by atoms with Gasteiger partial charge in [0.2, 0.25) is 0 Å². The van der Waals surface area contributed by atoms with Gasteiger partial charge in [0.05, 0.1) is 0 Å². The van der Waals surface area contributed by atoms with Crippen molar-refractivity contribution >= 4 is 18.8 Å². The molecule has 1 fully saturated rings. The lowest BCUT2D eigenvalue weighted by Crippen LogP contribution is -2.42. The highest BCUT2D eigenvalue weighted by Crippen LogP contribution is 2.08. The van der Waals surface area contributed by atoms with Crippen LogP contribution in [0.25, 0.3) is 0 Å². The molecule has 2 nitrogen and oxygen atoms in total. The molecule has 1 heterocycles. The van der Waals surface area contributed by atoms with E-state index in [9.17, 15) is 0 Å². The molecular weight excluding hydrogens is 133 g/mol. The molecule has 4 heteroatoms. The van der Waals surface area contributed by atoms with Crippen molar-refractivity contribution in [2.24, 2.45) is 0 Å². The van der Waals surface area contributed by atoms with Crippen molar-refractivity contribution in [2.75, 3.05) is 24.6 Å². The quantitative estimate of drug-likeness (QED) is 0.531. The molecule has 0 unspecified atom stereocenters. The van der Waals surface area contributed by atoms with Gasteiger partial charge in [-0.2, -0.15) is 11.8 Å². The van der Waals surface area contributed by atoms with Crippen LogP contribution in [0.15, 0.2) is 0 Å². The minimum atomic E-state index is -0.245. The molecule has 0 saturated carbocycles. The SMILES string of the molecule is CB(O)N1CCSCC1. The highest BCUT2D eigenvalue weighted by atomic mass is 32.2. The third kappa shape index (κ3) is 2.20. The average molecular weight is 145 g/mol. The van der Waals surface area contributed by atoms with Gasteiger partial charge in [-0.25, -0.2) is 0 Å². The third-order valence-corrected chi connectivity index (χ3v) is 2.52. The summed E-state index contributed by atoms with van der Waals surface area (Å²) in [4.78, 5) is 2.09. The highest BCUT2D eigenvalue weighted by molar-refractivity contribution is 7.99. The van der Waals surface area contributed by atoms with E-state index in [4.69, 9.17) is 5.02 Å². The van der Waals surface area contributed by atoms with Crippen LogP contribution in [0.1, 0.15) is 0 Å². The van der Waals surface area contributed by atoms with Gasteiger partial charge in [0, 0.05) is 11.5 Å². The summed E-state index contributed by atoms with van der Waals surface area (Å²) in [6.45, 7) is 3.92. The minimum absolute atomic E-state index is 0.245. The molecule has 0 atom stereocenters. The first kappa shape index (κ1) is 7.44. The van der Waals surface area contributed by atoms with Crippen LogP contribution in [0, 0.1) is 0 Å². The van der Waals surface area contributed by atoms with Crippen LogP contribution in [-0.2, 0) is 0 Å². The van der Waals surface area contributed by atoms with Crippen molar-refractivity contribution in [3.63, 3.8) is 0 Å². The van der Waals surface area contributed by atoms with Crippen molar-refractivity contribution < 1.29 is 5.02 Å². The van der Waals surface area contributed by atoms with E-state index >= 15 is 0 Å². The first-order valence-electron chi connectivity index (χ1n) is 3.30. The summed E-state index contributed by atoms with van der Waals surface area (Å²) < 4.78 is 0. The summed E-state index contributed by atoms with van der Waals surface area (Å²) in [5.74, 6) is 2.34. The summed E-state index contributed by atoms with van der Waals surface area (Å²) >= 11 is 1.96. The molecule has 0 spiro atoms. The van der Waals surface area contributed by atoms with Crippen LogP contribution in [0.4, 0.5) is 0 Å². The van der Waals surface area contributed by atoms with Gasteiger partial charge in [-0.15, -0.1) is 0 Å². The third-order valence-electron chi connectivity index (χ3n) is 1.57. The lowest BCUT2D eigenvalue weighted by Gasteiger charge is -2.26. The van der Waals surface area contributed by atoms with E-state index in [0.29, 0.717) is 0 Å². The fourth-order valence-electron chi connectivity index (χ4n) is 0.951. The Hall–Kier alpha value is 0.335. The van der Waals surface area contributed by atoms with Gasteiger partial charge in [0.25, 0.3) is 0 Å². The molecule has 9 heavy (non-hydrogen) atoms. The lowest BCUT2D eigenvalue weighted by molar-refractivity contribution is 0.393. The standard InChI is InChI=1S/C5H12BNOS/c1-6(8)7-2-4-9-5-3-7/h8H,2-5H2,1H3. The Morgan fingerprint density at radius 2 is 2.00 bits per heavy atom. The van der Waals surface area contributed by atoms with Crippen LogP contribution in [0.5, 0.6) is 0 Å². The average Bonchev–Trinajstić information content (AvgIpc) is 1.90. The molecule has 0 aliphatic carbocycles. The molecular formula is C5H12BNOS. The number of hydrogen-bond acceptors (Lipinski definition) is 3. The summed E-state index contributed by atoms with van der Waals surface area (Å²) in [6.07, 6.45) is 0. The number of rotatable bonds is 1. The first-order valence-corrected chi connectivity index (χ1v) is 4.46. The Kier molecular flexibility index (Phi) is 2.89. The van der Waals surface area contributed by atoms with Gasteiger partial charge in [-0.3, -0.25) is 0 Å². The van der Waals surface area contributed by atoms with E-state index < -0.39 is 0 Å². The fourth-order valence-corrected chi connectivity index (χ4v) is 1.88. The monoisotopic (exact) mass is 145 g/mol. The summed E-state index contributed by atoms with van der Waals surface area (Å²) in [5, 5.41) is 9.09. The maximum Gasteiger partial charge on any atom is 0.376 e. The van der Waals surface area contributed by atoms with E-state index in [1.54, 1.807) is 0 Å². The second kappa shape index (κ2) is 3.49. The van der Waals surface area contributed by atoms with Crippen molar-refractivity contribution in [1.82, 2.24) is 4.81 Å². The topological polar surface area (TPSA) is 23.5 Å². The summed E-state index contributed by atoms with van der Waals surface area (Å²) in [6, 6.07) is 0. The molecule has 0 aromatic carbocycles. The Morgan fingerprint density at radius 3 is 2.33 bits per heavy atom. The smallest absolute Gasteiger partial charge is 0.376 e. The highest BCUT2D eigenvalue weighted by Gasteiger charge is 2.17. The van der Waals surface area contributed by atoms with Crippen LogP contribution in [-0.4, -0.2) is 41.5 Å². The second-order valence-corrected chi connectivity index (χ2v) is 3.50. The molecule has 0 bridgehead atoms. The lowest BCUT2D eigenvalue weighted by atomic mass is 9.85. The normalized spacial score (nSPS) is 22.0. The molecule has 1 N–H and O–H groups in total. The Labute approximate surface area is 60.8 Å². The zero-order valence-electron chi connectivity index (χ0n) is 5.71. The maximum atomic E-state index is 9.09. The van der Waals surface area contributed by atoms with Gasteiger partial charge < -0.3 is 9.83 Å². The largest absolute Gasteiger partial charge is 0.437 e. The van der Waals surface area contributed by atoms with E-state index in [0.717, 1.165) is 13.1 Å². The van der Waals surface area contributed by atoms with Crippen LogP contribution >= 0.6 is 11.8 Å². The molecule has 1 aliphatic heterocycles. The Balaban J connectivity index is 2.23. The number of thioether (sulfide) groups is 1. The van der Waals surface area contributed by atoms with E-state index in [1.165, 1.54) is 11.5 Å². The predicted molar refractivity (Wildman–Crippen MR) is 42.7 cm³/mol. The zero-order chi connectivity index (χ0) is 6.69. The molecule has 0 aromatic heterocycles. The first-order chi connectivity index (χ1) is 4.30. The van der Waals surface area contributed by atoms with E-state index in [2.05, 4.69) is 4.81 Å².